The summed E-state index contributed by atoms with van der Waals surface area (Å²) in [4.78, 5) is 0. The van der Waals surface area contributed by atoms with Crippen LogP contribution in [0.3, 0.4) is 0 Å². The molecule has 1 fully saturated rings. The van der Waals surface area contributed by atoms with E-state index in [2.05, 4.69) is 47.4 Å². The van der Waals surface area contributed by atoms with Crippen LogP contribution in [0.5, 0.6) is 0 Å². The summed E-state index contributed by atoms with van der Waals surface area (Å²) in [6.45, 7) is 4.90. The first-order chi connectivity index (χ1) is 8.18. The molecule has 3 unspecified atom stereocenters. The summed E-state index contributed by atoms with van der Waals surface area (Å²) in [6, 6.07) is 8.91. The lowest BCUT2D eigenvalue weighted by Crippen LogP contribution is -2.18. The van der Waals surface area contributed by atoms with E-state index in [1.165, 1.54) is 27.5 Å². The summed E-state index contributed by atoms with van der Waals surface area (Å²) in [5.74, 6) is 0. The number of rotatable bonds is 1. The van der Waals surface area contributed by atoms with Crippen LogP contribution < -0.4 is 9.92 Å². The molecule has 0 radical (unpaired) electrons. The number of benzene rings is 1. The van der Waals surface area contributed by atoms with Crippen molar-refractivity contribution in [3.63, 3.8) is 0 Å². The van der Waals surface area contributed by atoms with Crippen LogP contribution in [0, 0.1) is 0 Å². The maximum atomic E-state index is 2.98. The molecule has 1 saturated heterocycles. The first-order valence-electron chi connectivity index (χ1n) is 6.24. The average Bonchev–Trinajstić information content (AvgIpc) is 2.79. The molecule has 0 nitrogen and oxygen atoms in total. The molecule has 1 aromatic carbocycles. The molecule has 1 aromatic heterocycles. The van der Waals surface area contributed by atoms with Crippen LogP contribution >= 0.6 is 28.5 Å². The number of thiophene rings is 1. The summed E-state index contributed by atoms with van der Waals surface area (Å²) in [7, 11) is 3.03. The first-order valence-corrected chi connectivity index (χ1v) is 9.11. The van der Waals surface area contributed by atoms with Crippen LogP contribution in [-0.2, 0) is 0 Å². The highest BCUT2D eigenvalue weighted by molar-refractivity contribution is 7.70. The monoisotopic (exact) mass is 280 g/mol. The topological polar surface area (TPSA) is 0 Å². The van der Waals surface area contributed by atoms with Crippen molar-refractivity contribution in [3.05, 3.63) is 24.3 Å². The molecular formula is C14H18P2S. The predicted octanol–water partition coefficient (Wildman–Crippen LogP) is 4.08. The van der Waals surface area contributed by atoms with Gasteiger partial charge in [-0.25, -0.2) is 0 Å². The van der Waals surface area contributed by atoms with Crippen molar-refractivity contribution in [1.29, 1.82) is 0 Å². The lowest BCUT2D eigenvalue weighted by atomic mass is 10.2. The van der Waals surface area contributed by atoms with Crippen molar-refractivity contribution in [2.24, 2.45) is 0 Å². The highest BCUT2D eigenvalue weighted by atomic mass is 32.1. The third-order valence-electron chi connectivity index (χ3n) is 3.81. The molecule has 2 aromatic rings. The van der Waals surface area contributed by atoms with E-state index in [1.807, 2.05) is 11.3 Å². The maximum Gasteiger partial charge on any atom is 0.0356 e. The molecule has 1 aliphatic heterocycles. The fraction of sp³-hybridized carbons (Fsp3) is 0.429. The molecule has 3 atom stereocenters. The van der Waals surface area contributed by atoms with Gasteiger partial charge in [-0.3, -0.25) is 0 Å². The molecule has 0 N–H and O–H groups in total. The van der Waals surface area contributed by atoms with Crippen molar-refractivity contribution in [2.75, 3.05) is 0 Å². The van der Waals surface area contributed by atoms with E-state index in [4.69, 9.17) is 0 Å². The van der Waals surface area contributed by atoms with E-state index in [0.29, 0.717) is 0 Å². The normalized spacial score (nSPS) is 29.0. The SMILES string of the molecule is CC1CCC(C)P1c1c(P)sc2ccccc12. The molecule has 0 bridgehead atoms. The van der Waals surface area contributed by atoms with Crippen LogP contribution in [0.15, 0.2) is 24.3 Å². The third-order valence-corrected chi connectivity index (χ3v) is 9.26. The van der Waals surface area contributed by atoms with Gasteiger partial charge in [0.1, 0.15) is 0 Å². The molecule has 3 heteroatoms. The Hall–Kier alpha value is 0.0400. The van der Waals surface area contributed by atoms with Gasteiger partial charge in [-0.1, -0.05) is 49.2 Å². The summed E-state index contributed by atoms with van der Waals surface area (Å²) >= 11 is 1.95. The Morgan fingerprint density at radius 3 is 2.53 bits per heavy atom. The number of fused-ring (bicyclic) bond motifs is 1. The largest absolute Gasteiger partial charge is 0.135 e. The van der Waals surface area contributed by atoms with Gasteiger partial charge in [-0.15, -0.1) is 11.3 Å². The molecule has 0 aliphatic carbocycles. The van der Waals surface area contributed by atoms with Crippen LogP contribution in [0.4, 0.5) is 0 Å². The van der Waals surface area contributed by atoms with Gasteiger partial charge >= 0.3 is 0 Å². The highest BCUT2D eigenvalue weighted by Crippen LogP contribution is 2.55. The van der Waals surface area contributed by atoms with Gasteiger partial charge in [0, 0.05) is 20.0 Å². The minimum absolute atomic E-state index is 0.0433. The van der Waals surface area contributed by atoms with Gasteiger partial charge in [-0.05, 0) is 30.2 Å². The molecule has 3 rings (SSSR count). The summed E-state index contributed by atoms with van der Waals surface area (Å²) < 4.78 is 2.94. The smallest absolute Gasteiger partial charge is 0.0356 e. The van der Waals surface area contributed by atoms with E-state index in [1.54, 1.807) is 5.30 Å². The van der Waals surface area contributed by atoms with E-state index in [0.717, 1.165) is 11.3 Å². The van der Waals surface area contributed by atoms with E-state index < -0.39 is 0 Å². The predicted molar refractivity (Wildman–Crippen MR) is 85.9 cm³/mol. The van der Waals surface area contributed by atoms with Gasteiger partial charge in [0.15, 0.2) is 0 Å². The second-order valence-corrected chi connectivity index (χ2v) is 10.1. The maximum absolute atomic E-state index is 2.98. The Balaban J connectivity index is 2.19. The quantitative estimate of drug-likeness (QED) is 0.690. The Kier molecular flexibility index (Phi) is 3.28. The zero-order chi connectivity index (χ0) is 12.0. The van der Waals surface area contributed by atoms with Crippen molar-refractivity contribution in [1.82, 2.24) is 0 Å². The molecule has 17 heavy (non-hydrogen) atoms. The summed E-state index contributed by atoms with van der Waals surface area (Å²) in [5, 5.41) is 3.21. The second kappa shape index (κ2) is 4.61. The minimum atomic E-state index is 0.0433. The van der Waals surface area contributed by atoms with Gasteiger partial charge < -0.3 is 0 Å². The first kappa shape index (κ1) is 12.1. The van der Waals surface area contributed by atoms with Crippen LogP contribution in [-0.4, -0.2) is 11.3 Å². The molecule has 0 saturated carbocycles. The van der Waals surface area contributed by atoms with Gasteiger partial charge in [0.2, 0.25) is 0 Å². The van der Waals surface area contributed by atoms with Crippen LogP contribution in [0.2, 0.25) is 0 Å². The molecule has 0 amide bonds. The third kappa shape index (κ3) is 1.97. The Bertz CT molecular complexity index is 536. The molecule has 2 heterocycles. The van der Waals surface area contributed by atoms with E-state index >= 15 is 0 Å². The van der Waals surface area contributed by atoms with Crippen LogP contribution in [0.25, 0.3) is 10.1 Å². The minimum Gasteiger partial charge on any atom is -0.135 e. The standard InChI is InChI=1S/C14H18P2S/c1-9-7-8-10(2)16(9)13-11-5-3-4-6-12(11)17-14(13)15/h3-6,9-10H,7-8,15H2,1-2H3. The molecule has 90 valence electrons. The van der Waals surface area contributed by atoms with Crippen molar-refractivity contribution in [2.45, 2.75) is 38.0 Å². The van der Waals surface area contributed by atoms with Crippen molar-refractivity contribution >= 4 is 48.5 Å². The highest BCUT2D eigenvalue weighted by Gasteiger charge is 2.33. The average molecular weight is 280 g/mol. The Morgan fingerprint density at radius 1 is 1.18 bits per heavy atom. The molecular weight excluding hydrogens is 262 g/mol. The van der Waals surface area contributed by atoms with E-state index in [9.17, 15) is 0 Å². The molecule has 0 spiro atoms. The van der Waals surface area contributed by atoms with Gasteiger partial charge in [-0.2, -0.15) is 0 Å². The fourth-order valence-corrected chi connectivity index (χ4v) is 8.67. The van der Waals surface area contributed by atoms with E-state index in [-0.39, 0.29) is 7.92 Å². The number of hydrogen-bond donors (Lipinski definition) is 0. The Morgan fingerprint density at radius 2 is 1.82 bits per heavy atom. The number of hydrogen-bond acceptors (Lipinski definition) is 1. The van der Waals surface area contributed by atoms with Crippen molar-refractivity contribution < 1.29 is 0 Å². The van der Waals surface area contributed by atoms with Crippen LogP contribution in [0.1, 0.15) is 26.7 Å². The van der Waals surface area contributed by atoms with Gasteiger partial charge in [0.25, 0.3) is 0 Å². The Labute approximate surface area is 111 Å². The zero-order valence-electron chi connectivity index (χ0n) is 10.3. The van der Waals surface area contributed by atoms with Crippen molar-refractivity contribution in [3.8, 4) is 0 Å². The summed E-state index contributed by atoms with van der Waals surface area (Å²) in [5.41, 5.74) is 1.80. The van der Waals surface area contributed by atoms with Gasteiger partial charge in [0.05, 0.1) is 0 Å². The fourth-order valence-electron chi connectivity index (χ4n) is 2.95. The second-order valence-electron chi connectivity index (χ2n) is 4.99. The molecule has 1 aliphatic rings. The lowest BCUT2D eigenvalue weighted by molar-refractivity contribution is 0.777. The summed E-state index contributed by atoms with van der Waals surface area (Å²) in [6.07, 6.45) is 2.84. The zero-order valence-corrected chi connectivity index (χ0v) is 13.2. The lowest BCUT2D eigenvalue weighted by Gasteiger charge is -2.21.